The molecule has 0 radical (unpaired) electrons. The van der Waals surface area contributed by atoms with Crippen LogP contribution in [-0.4, -0.2) is 75.0 Å². The van der Waals surface area contributed by atoms with E-state index in [-0.39, 0.29) is 19.3 Å². The number of methoxy groups -OCH3 is 1. The van der Waals surface area contributed by atoms with Gasteiger partial charge in [-0.15, -0.1) is 0 Å². The molecule has 4 heterocycles. The highest BCUT2D eigenvalue weighted by Gasteiger charge is 3.02. The minimum absolute atomic E-state index is 0.0443. The predicted molar refractivity (Wildman–Crippen MR) is 131 cm³/mol. The van der Waals surface area contributed by atoms with Gasteiger partial charge in [0.25, 0.3) is 5.97 Å². The predicted octanol–water partition coefficient (Wildman–Crippen LogP) is 1.73. The van der Waals surface area contributed by atoms with Gasteiger partial charge >= 0.3 is 11.9 Å². The molecule has 1 aromatic heterocycles. The lowest BCUT2D eigenvalue weighted by atomic mass is 9.33. The van der Waals surface area contributed by atoms with Crippen LogP contribution in [0.5, 0.6) is 0 Å². The number of hydrogen-bond acceptors (Lipinski definition) is 11. The summed E-state index contributed by atoms with van der Waals surface area (Å²) in [7, 11) is 1.32. The molecule has 3 saturated heterocycles. The number of rotatable bonds is 3. The number of aliphatic hydroxyl groups excluding tert-OH is 2. The van der Waals surface area contributed by atoms with E-state index in [0.717, 1.165) is 0 Å². The number of ether oxygens (including phenoxy) is 5. The molecular formula is C29H36O11. The number of hydrogen-bond donors (Lipinski definition) is 3. The van der Waals surface area contributed by atoms with E-state index in [2.05, 4.69) is 0 Å². The van der Waals surface area contributed by atoms with Gasteiger partial charge in [-0.25, -0.2) is 0 Å². The highest BCUT2D eigenvalue weighted by atomic mass is 16.9. The van der Waals surface area contributed by atoms with Crippen LogP contribution in [-0.2, 0) is 33.3 Å². The second kappa shape index (κ2) is 6.79. The van der Waals surface area contributed by atoms with Crippen molar-refractivity contribution < 1.29 is 53.0 Å². The first-order chi connectivity index (χ1) is 18.7. The first kappa shape index (κ1) is 25.7. The standard InChI is InChI=1S/C29H36O11/c1-22-7-8-26-24(3)15(10-17(30)35-5)23(2)13-27(24)28(34,20(23)32)21(33)29(26,40-25(4,38-26)39-27)16(22)11-18(31)37-19(22)14-6-9-36-12-14/h6,9,12,15-16,19-21,32-34H,7-8,10-11,13H2,1-5H3. The van der Waals surface area contributed by atoms with Crippen molar-refractivity contribution in [1.29, 1.82) is 0 Å². The Balaban J connectivity index is 1.42. The number of furan rings is 1. The molecule has 13 unspecified atom stereocenters. The van der Waals surface area contributed by atoms with Crippen LogP contribution in [0.25, 0.3) is 0 Å². The largest absolute Gasteiger partial charge is 0.472 e. The van der Waals surface area contributed by atoms with Crippen molar-refractivity contribution in [3.05, 3.63) is 24.2 Å². The van der Waals surface area contributed by atoms with Gasteiger partial charge in [0.05, 0.1) is 32.2 Å². The molecule has 8 rings (SSSR count). The lowest BCUT2D eigenvalue weighted by Crippen LogP contribution is -2.93. The van der Waals surface area contributed by atoms with Crippen LogP contribution < -0.4 is 0 Å². The van der Waals surface area contributed by atoms with E-state index in [0.29, 0.717) is 18.4 Å². The van der Waals surface area contributed by atoms with E-state index in [4.69, 9.17) is 28.1 Å². The van der Waals surface area contributed by atoms with Gasteiger partial charge in [0.2, 0.25) is 0 Å². The number of aliphatic hydroxyl groups is 3. The summed E-state index contributed by atoms with van der Waals surface area (Å²) in [6.45, 7) is 7.41. The summed E-state index contributed by atoms with van der Waals surface area (Å²) in [5, 5.41) is 37.2. The van der Waals surface area contributed by atoms with Gasteiger partial charge < -0.3 is 43.4 Å². The fourth-order valence-corrected chi connectivity index (χ4v) is 11.7. The minimum Gasteiger partial charge on any atom is -0.472 e. The van der Waals surface area contributed by atoms with Crippen LogP contribution in [0.15, 0.2) is 23.0 Å². The van der Waals surface area contributed by atoms with Crippen molar-refractivity contribution in [1.82, 2.24) is 0 Å². The number of carbonyl (C=O) groups is 2. The second-order valence-corrected chi connectivity index (χ2v) is 14.2. The van der Waals surface area contributed by atoms with Gasteiger partial charge in [-0.1, -0.05) is 20.8 Å². The maximum absolute atomic E-state index is 13.3. The molecule has 4 aliphatic carbocycles. The van der Waals surface area contributed by atoms with E-state index in [1.165, 1.54) is 13.4 Å². The SMILES string of the molecule is COC(=O)CC1C2(C)CC34OC5(C)OC6(C7CC(=O)OC(c8ccoc8)C7(C)CCC6(O5)C13C)C(O)C4(O)C2O. The molecule has 3 N–H and O–H groups in total. The molecule has 3 aliphatic heterocycles. The van der Waals surface area contributed by atoms with Gasteiger partial charge in [0, 0.05) is 41.1 Å². The zero-order valence-electron chi connectivity index (χ0n) is 23.3. The highest BCUT2D eigenvalue weighted by Crippen LogP contribution is 2.89. The Morgan fingerprint density at radius 3 is 2.45 bits per heavy atom. The van der Waals surface area contributed by atoms with Gasteiger partial charge in [-0.2, -0.15) is 0 Å². The molecule has 11 nitrogen and oxygen atoms in total. The summed E-state index contributed by atoms with van der Waals surface area (Å²) in [5.41, 5.74) is -8.80. The highest BCUT2D eigenvalue weighted by molar-refractivity contribution is 5.73. The fraction of sp³-hybridized carbons (Fsp3) is 0.793. The van der Waals surface area contributed by atoms with Gasteiger partial charge in [0.15, 0.2) is 0 Å². The Morgan fingerprint density at radius 1 is 1.05 bits per heavy atom. The molecule has 13 atom stereocenters. The number of carbonyl (C=O) groups excluding carboxylic acids is 2. The summed E-state index contributed by atoms with van der Waals surface area (Å²) in [4.78, 5) is 26.2. The summed E-state index contributed by atoms with van der Waals surface area (Å²) >= 11 is 0. The summed E-state index contributed by atoms with van der Waals surface area (Å²) < 4.78 is 36.7. The summed E-state index contributed by atoms with van der Waals surface area (Å²) in [5.74, 6) is -3.86. The van der Waals surface area contributed by atoms with Crippen LogP contribution >= 0.6 is 0 Å². The first-order valence-electron chi connectivity index (χ1n) is 14.1. The van der Waals surface area contributed by atoms with E-state index in [1.807, 2.05) is 20.8 Å². The monoisotopic (exact) mass is 560 g/mol. The Labute approximate surface area is 231 Å². The molecular weight excluding hydrogens is 524 g/mol. The summed E-state index contributed by atoms with van der Waals surface area (Å²) in [6.07, 6.45) is 0.190. The Kier molecular flexibility index (Phi) is 4.36. The zero-order valence-corrected chi connectivity index (χ0v) is 23.3. The van der Waals surface area contributed by atoms with Crippen LogP contribution in [0, 0.1) is 28.1 Å². The third kappa shape index (κ3) is 2.12. The molecule has 2 spiro atoms. The van der Waals surface area contributed by atoms with Crippen molar-refractivity contribution >= 4 is 11.9 Å². The van der Waals surface area contributed by atoms with E-state index in [1.54, 1.807) is 19.3 Å². The maximum Gasteiger partial charge on any atom is 0.306 e. The second-order valence-electron chi connectivity index (χ2n) is 14.2. The van der Waals surface area contributed by atoms with Gasteiger partial charge in [-0.3, -0.25) is 9.59 Å². The Bertz CT molecular complexity index is 1350. The van der Waals surface area contributed by atoms with E-state index < -0.39 is 86.7 Å². The topological polar surface area (TPSA) is 154 Å². The van der Waals surface area contributed by atoms with E-state index >= 15 is 0 Å². The maximum atomic E-state index is 13.3. The Hall–Kier alpha value is -2.02. The molecule has 11 heteroatoms. The molecule has 218 valence electrons. The van der Waals surface area contributed by atoms with Crippen LogP contribution in [0.3, 0.4) is 0 Å². The number of esters is 2. The molecule has 4 bridgehead atoms. The number of fused-ring (bicyclic) bond motifs is 3. The van der Waals surface area contributed by atoms with Crippen LogP contribution in [0.1, 0.15) is 71.5 Å². The molecule has 1 aromatic rings. The third-order valence-electron chi connectivity index (χ3n) is 13.0. The van der Waals surface area contributed by atoms with E-state index in [9.17, 15) is 24.9 Å². The normalized spacial score (nSPS) is 60.3. The van der Waals surface area contributed by atoms with Gasteiger partial charge in [0.1, 0.15) is 34.6 Å². The van der Waals surface area contributed by atoms with Crippen molar-refractivity contribution in [2.75, 3.05) is 7.11 Å². The average molecular weight is 561 g/mol. The lowest BCUT2D eigenvalue weighted by Gasteiger charge is -2.76. The fourth-order valence-electron chi connectivity index (χ4n) is 11.7. The lowest BCUT2D eigenvalue weighted by molar-refractivity contribution is -0.478. The minimum atomic E-state index is -2.17. The van der Waals surface area contributed by atoms with Crippen molar-refractivity contribution in [3.8, 4) is 0 Å². The first-order valence-corrected chi connectivity index (χ1v) is 14.1. The molecule has 4 saturated carbocycles. The van der Waals surface area contributed by atoms with Crippen molar-refractivity contribution in [2.45, 2.75) is 106 Å². The average Bonchev–Trinajstić information content (AvgIpc) is 3.59. The smallest absolute Gasteiger partial charge is 0.306 e. The third-order valence-corrected chi connectivity index (χ3v) is 13.0. The zero-order chi connectivity index (χ0) is 28.5. The molecule has 0 aromatic carbocycles. The Morgan fingerprint density at radius 2 is 1.77 bits per heavy atom. The van der Waals surface area contributed by atoms with Crippen LogP contribution in [0.4, 0.5) is 0 Å². The molecule has 7 fully saturated rings. The molecule has 40 heavy (non-hydrogen) atoms. The van der Waals surface area contributed by atoms with Crippen molar-refractivity contribution in [2.24, 2.45) is 28.1 Å². The molecule has 0 amide bonds. The van der Waals surface area contributed by atoms with Crippen molar-refractivity contribution in [3.63, 3.8) is 0 Å². The summed E-state index contributed by atoms with van der Waals surface area (Å²) in [6, 6.07) is 1.75. The number of cyclic esters (lactones) is 1. The van der Waals surface area contributed by atoms with Crippen LogP contribution in [0.2, 0.25) is 0 Å². The molecule has 7 aliphatic rings. The van der Waals surface area contributed by atoms with Gasteiger partial charge in [-0.05, 0) is 31.2 Å². The quantitative estimate of drug-likeness (QED) is 0.463.